The quantitative estimate of drug-likeness (QED) is 0.293. The molecule has 0 bridgehead atoms. The number of allylic oxidation sites excluding steroid dienone is 1. The summed E-state index contributed by atoms with van der Waals surface area (Å²) in [4.78, 5) is 27.2. The highest BCUT2D eigenvalue weighted by molar-refractivity contribution is 7.80. The number of nitrogens with one attached hydrogen (secondary N) is 3. The number of carbonyl (C=O) groups excluding carboxylic acids is 2. The Morgan fingerprint density at radius 2 is 1.91 bits per heavy atom. The summed E-state index contributed by atoms with van der Waals surface area (Å²) in [5, 5.41) is 8.85. The van der Waals surface area contributed by atoms with Gasteiger partial charge in [0.05, 0.1) is 23.9 Å². The number of para-hydroxylation sites is 1. The molecule has 2 aromatic carbocycles. The molecular formula is C24H27FN4O4S. The Bertz CT molecular complexity index is 1110. The molecule has 34 heavy (non-hydrogen) atoms. The van der Waals surface area contributed by atoms with Gasteiger partial charge in [0, 0.05) is 25.0 Å². The van der Waals surface area contributed by atoms with Crippen LogP contribution in [0.25, 0.3) is 0 Å². The second-order valence-corrected chi connectivity index (χ2v) is 7.83. The van der Waals surface area contributed by atoms with Crippen molar-refractivity contribution < 1.29 is 23.5 Å². The number of esters is 1. The van der Waals surface area contributed by atoms with Crippen LogP contribution < -0.4 is 16.0 Å². The monoisotopic (exact) mass is 486 g/mol. The Hall–Kier alpha value is -3.50. The molecule has 1 atom stereocenters. The number of ether oxygens (including phenoxy) is 2. The van der Waals surface area contributed by atoms with Gasteiger partial charge in [-0.1, -0.05) is 24.3 Å². The maximum Gasteiger partial charge on any atom is 0.338 e. The van der Waals surface area contributed by atoms with Crippen LogP contribution in [0.5, 0.6) is 0 Å². The van der Waals surface area contributed by atoms with E-state index in [0.29, 0.717) is 34.2 Å². The van der Waals surface area contributed by atoms with Crippen molar-refractivity contribution >= 4 is 40.7 Å². The van der Waals surface area contributed by atoms with Gasteiger partial charge in [-0.15, -0.1) is 0 Å². The number of methoxy groups -OCH3 is 1. The van der Waals surface area contributed by atoms with E-state index in [1.54, 1.807) is 24.3 Å². The summed E-state index contributed by atoms with van der Waals surface area (Å²) in [6.45, 7) is 4.73. The Balaban J connectivity index is 1.85. The number of amides is 2. The molecule has 8 nitrogen and oxygen atoms in total. The standard InChI is InChI=1S/C24H27FN4O4S/c1-4-29-15(2)20(22(30)33-13-12-32-3)21(28-24(29)34)16-8-7-9-17(14-16)26-23(31)27-19-11-6-5-10-18(19)25/h5-11,14,21H,4,12-13H2,1-3H3,(H,28,34)(H2,26,27,31). The fourth-order valence-corrected chi connectivity index (χ4v) is 4.00. The van der Waals surface area contributed by atoms with Gasteiger partial charge in [-0.3, -0.25) is 0 Å². The Morgan fingerprint density at radius 1 is 1.15 bits per heavy atom. The number of carbonyl (C=O) groups is 2. The normalized spacial score (nSPS) is 15.6. The summed E-state index contributed by atoms with van der Waals surface area (Å²) in [5.41, 5.74) is 2.32. The Morgan fingerprint density at radius 3 is 2.62 bits per heavy atom. The predicted octanol–water partition coefficient (Wildman–Crippen LogP) is 4.18. The van der Waals surface area contributed by atoms with Crippen LogP contribution >= 0.6 is 12.2 Å². The number of benzene rings is 2. The van der Waals surface area contributed by atoms with Crippen LogP contribution in [0.15, 0.2) is 59.8 Å². The topological polar surface area (TPSA) is 91.9 Å². The van der Waals surface area contributed by atoms with Crippen molar-refractivity contribution in [2.24, 2.45) is 0 Å². The van der Waals surface area contributed by atoms with Crippen molar-refractivity contribution in [2.75, 3.05) is 37.5 Å². The van der Waals surface area contributed by atoms with E-state index in [9.17, 15) is 14.0 Å². The number of urea groups is 1. The first-order valence-electron chi connectivity index (χ1n) is 10.7. The number of hydrogen-bond acceptors (Lipinski definition) is 5. The van der Waals surface area contributed by atoms with E-state index < -0.39 is 23.9 Å². The molecule has 2 amide bonds. The molecule has 0 spiro atoms. The summed E-state index contributed by atoms with van der Waals surface area (Å²) in [6.07, 6.45) is 0. The van der Waals surface area contributed by atoms with E-state index in [1.165, 1.54) is 25.3 Å². The molecule has 10 heteroatoms. The highest BCUT2D eigenvalue weighted by Crippen LogP contribution is 2.32. The molecule has 0 saturated carbocycles. The van der Waals surface area contributed by atoms with Gasteiger partial charge in [0.15, 0.2) is 5.11 Å². The van der Waals surface area contributed by atoms with Crippen LogP contribution in [-0.4, -0.2) is 48.9 Å². The molecule has 3 N–H and O–H groups in total. The number of nitrogens with zero attached hydrogens (tertiary/aromatic N) is 1. The zero-order valence-electron chi connectivity index (χ0n) is 19.2. The fraction of sp³-hybridized carbons (Fsp3) is 0.292. The van der Waals surface area contributed by atoms with E-state index in [1.807, 2.05) is 24.8 Å². The van der Waals surface area contributed by atoms with Crippen molar-refractivity contribution in [1.82, 2.24) is 10.2 Å². The predicted molar refractivity (Wildman–Crippen MR) is 132 cm³/mol. The zero-order valence-corrected chi connectivity index (χ0v) is 20.0. The minimum atomic E-state index is -0.600. The van der Waals surface area contributed by atoms with Gasteiger partial charge in [-0.2, -0.15) is 0 Å². The van der Waals surface area contributed by atoms with Crippen molar-refractivity contribution in [3.8, 4) is 0 Å². The highest BCUT2D eigenvalue weighted by atomic mass is 32.1. The molecule has 1 unspecified atom stereocenters. The summed E-state index contributed by atoms with van der Waals surface area (Å²) in [5.74, 6) is -1.02. The third-order valence-electron chi connectivity index (χ3n) is 5.25. The molecule has 180 valence electrons. The third kappa shape index (κ3) is 5.89. The highest BCUT2D eigenvalue weighted by Gasteiger charge is 2.34. The summed E-state index contributed by atoms with van der Waals surface area (Å²) in [6, 6.07) is 11.7. The van der Waals surface area contributed by atoms with Crippen LogP contribution in [0.4, 0.5) is 20.6 Å². The molecule has 3 rings (SSSR count). The largest absolute Gasteiger partial charge is 0.460 e. The molecule has 1 aliphatic heterocycles. The lowest BCUT2D eigenvalue weighted by molar-refractivity contribution is -0.140. The summed E-state index contributed by atoms with van der Waals surface area (Å²) >= 11 is 5.51. The van der Waals surface area contributed by atoms with Crippen LogP contribution in [0, 0.1) is 5.82 Å². The molecule has 0 aromatic heterocycles. The smallest absolute Gasteiger partial charge is 0.338 e. The van der Waals surface area contributed by atoms with Gasteiger partial charge >= 0.3 is 12.0 Å². The first-order valence-corrected chi connectivity index (χ1v) is 11.1. The van der Waals surface area contributed by atoms with Gasteiger partial charge in [-0.05, 0) is 55.9 Å². The lowest BCUT2D eigenvalue weighted by Crippen LogP contribution is -2.47. The van der Waals surface area contributed by atoms with Gasteiger partial charge in [-0.25, -0.2) is 14.0 Å². The van der Waals surface area contributed by atoms with Gasteiger partial charge in [0.25, 0.3) is 0 Å². The van der Waals surface area contributed by atoms with E-state index >= 15 is 0 Å². The Labute approximate surface area is 203 Å². The number of hydrogen-bond donors (Lipinski definition) is 3. The second-order valence-electron chi connectivity index (χ2n) is 7.44. The van der Waals surface area contributed by atoms with Crippen LogP contribution in [0.2, 0.25) is 0 Å². The van der Waals surface area contributed by atoms with E-state index in [0.717, 1.165) is 0 Å². The van der Waals surface area contributed by atoms with Crippen molar-refractivity contribution in [3.63, 3.8) is 0 Å². The van der Waals surface area contributed by atoms with E-state index in [-0.39, 0.29) is 18.9 Å². The summed E-state index contributed by atoms with van der Waals surface area (Å²) < 4.78 is 24.2. The third-order valence-corrected chi connectivity index (χ3v) is 5.59. The SMILES string of the molecule is CCN1C(=S)NC(c2cccc(NC(=O)Nc3ccccc3F)c2)C(C(=O)OCCOC)=C1C. The van der Waals surface area contributed by atoms with Gasteiger partial charge < -0.3 is 30.3 Å². The molecular weight excluding hydrogens is 459 g/mol. The number of rotatable bonds is 8. The second kappa shape index (κ2) is 11.6. The number of thiocarbonyl (C=S) groups is 1. The molecule has 0 aliphatic carbocycles. The lowest BCUT2D eigenvalue weighted by atomic mass is 9.94. The Kier molecular flexibility index (Phi) is 8.55. The number of halogens is 1. The van der Waals surface area contributed by atoms with Crippen LogP contribution in [0.1, 0.15) is 25.5 Å². The van der Waals surface area contributed by atoms with Crippen LogP contribution in [0.3, 0.4) is 0 Å². The molecule has 1 heterocycles. The average Bonchev–Trinajstić information content (AvgIpc) is 2.80. The first kappa shape index (κ1) is 25.1. The minimum Gasteiger partial charge on any atom is -0.460 e. The van der Waals surface area contributed by atoms with E-state index in [4.69, 9.17) is 21.7 Å². The van der Waals surface area contributed by atoms with Gasteiger partial charge in [0.1, 0.15) is 12.4 Å². The molecule has 0 fully saturated rings. The fourth-order valence-electron chi connectivity index (χ4n) is 3.62. The molecule has 2 aromatic rings. The lowest BCUT2D eigenvalue weighted by Gasteiger charge is -2.37. The molecule has 0 saturated heterocycles. The average molecular weight is 487 g/mol. The zero-order chi connectivity index (χ0) is 24.7. The minimum absolute atomic E-state index is 0.0646. The van der Waals surface area contributed by atoms with Gasteiger partial charge in [0.2, 0.25) is 0 Å². The van der Waals surface area contributed by atoms with Crippen LogP contribution in [-0.2, 0) is 14.3 Å². The molecule has 1 aliphatic rings. The van der Waals surface area contributed by atoms with E-state index in [2.05, 4.69) is 16.0 Å². The van der Waals surface area contributed by atoms with Crippen molar-refractivity contribution in [2.45, 2.75) is 19.9 Å². The first-order chi connectivity index (χ1) is 16.3. The van der Waals surface area contributed by atoms with Crippen molar-refractivity contribution in [1.29, 1.82) is 0 Å². The maximum atomic E-state index is 13.8. The number of anilines is 2. The van der Waals surface area contributed by atoms with Crippen molar-refractivity contribution in [3.05, 3.63) is 71.2 Å². The summed E-state index contributed by atoms with van der Waals surface area (Å²) in [7, 11) is 1.53. The molecule has 0 radical (unpaired) electrons. The maximum absolute atomic E-state index is 13.8.